The molecule has 0 amide bonds. The molecule has 0 bridgehead atoms. The van der Waals surface area contributed by atoms with Crippen molar-refractivity contribution in [3.8, 4) is 0 Å². The molecule has 0 aliphatic rings. The van der Waals surface area contributed by atoms with E-state index in [2.05, 4.69) is 0 Å². The Labute approximate surface area is 161 Å². The summed E-state index contributed by atoms with van der Waals surface area (Å²) in [6, 6.07) is 23.4. The van der Waals surface area contributed by atoms with Crippen LogP contribution in [0.1, 0.15) is 21.5 Å². The molecule has 0 atom stereocenters. The number of nitro benzene ring substituents is 1. The molecule has 0 aromatic heterocycles. The van der Waals surface area contributed by atoms with Gasteiger partial charge in [-0.15, -0.1) is 11.8 Å². The van der Waals surface area contributed by atoms with Gasteiger partial charge in [0.25, 0.3) is 5.69 Å². The molecule has 6 heteroatoms. The standard InChI is InChI=1S/C21H17NO4S/c23-21(26-14-17-9-6-10-18(13-17)22(24)25)19-11-4-5-12-20(19)27-15-16-7-2-1-3-8-16/h1-13H,14-15H2. The Balaban J connectivity index is 1.66. The second kappa shape index (κ2) is 9.00. The van der Waals surface area contributed by atoms with Crippen LogP contribution in [-0.2, 0) is 17.1 Å². The van der Waals surface area contributed by atoms with E-state index in [1.807, 2.05) is 42.5 Å². The fourth-order valence-electron chi connectivity index (χ4n) is 2.48. The molecule has 136 valence electrons. The number of ether oxygens (including phenoxy) is 1. The Morgan fingerprint density at radius 1 is 0.926 bits per heavy atom. The minimum Gasteiger partial charge on any atom is -0.457 e. The summed E-state index contributed by atoms with van der Waals surface area (Å²) in [7, 11) is 0. The molecular weight excluding hydrogens is 362 g/mol. The molecular formula is C21H17NO4S. The minimum atomic E-state index is -0.471. The number of nitro groups is 1. The van der Waals surface area contributed by atoms with E-state index in [-0.39, 0.29) is 12.3 Å². The number of carbonyl (C=O) groups excluding carboxylic acids is 1. The number of thioether (sulfide) groups is 1. The molecule has 3 aromatic rings. The van der Waals surface area contributed by atoms with Gasteiger partial charge >= 0.3 is 5.97 Å². The molecule has 0 unspecified atom stereocenters. The van der Waals surface area contributed by atoms with Crippen molar-refractivity contribution in [1.82, 2.24) is 0 Å². The SMILES string of the molecule is O=C(OCc1cccc([N+](=O)[O-])c1)c1ccccc1SCc1ccccc1. The molecule has 0 N–H and O–H groups in total. The molecule has 0 radical (unpaired) electrons. The highest BCUT2D eigenvalue weighted by molar-refractivity contribution is 7.98. The summed E-state index contributed by atoms with van der Waals surface area (Å²) < 4.78 is 5.37. The zero-order chi connectivity index (χ0) is 19.1. The number of carbonyl (C=O) groups is 1. The van der Waals surface area contributed by atoms with Crippen LogP contribution in [0.25, 0.3) is 0 Å². The van der Waals surface area contributed by atoms with Crippen LogP contribution in [0.15, 0.2) is 83.8 Å². The number of benzene rings is 3. The van der Waals surface area contributed by atoms with E-state index in [0.29, 0.717) is 11.1 Å². The number of nitrogens with zero attached hydrogens (tertiary/aromatic N) is 1. The molecule has 0 spiro atoms. The molecule has 3 rings (SSSR count). The molecule has 0 saturated heterocycles. The molecule has 5 nitrogen and oxygen atoms in total. The maximum Gasteiger partial charge on any atom is 0.339 e. The summed E-state index contributed by atoms with van der Waals surface area (Å²) in [5, 5.41) is 10.8. The summed E-state index contributed by atoms with van der Waals surface area (Å²) in [6.07, 6.45) is 0. The highest BCUT2D eigenvalue weighted by Gasteiger charge is 2.14. The molecule has 27 heavy (non-hydrogen) atoms. The van der Waals surface area contributed by atoms with E-state index >= 15 is 0 Å². The summed E-state index contributed by atoms with van der Waals surface area (Å²) in [5.74, 6) is 0.299. The lowest BCUT2D eigenvalue weighted by atomic mass is 10.2. The van der Waals surface area contributed by atoms with E-state index in [4.69, 9.17) is 4.74 Å². The van der Waals surface area contributed by atoms with E-state index in [9.17, 15) is 14.9 Å². The highest BCUT2D eigenvalue weighted by Crippen LogP contribution is 2.27. The lowest BCUT2D eigenvalue weighted by Gasteiger charge is -2.09. The van der Waals surface area contributed by atoms with Crippen molar-refractivity contribution < 1.29 is 14.5 Å². The Morgan fingerprint density at radius 3 is 2.41 bits per heavy atom. The van der Waals surface area contributed by atoms with Gasteiger partial charge in [-0.1, -0.05) is 54.6 Å². The first-order valence-electron chi connectivity index (χ1n) is 8.29. The van der Waals surface area contributed by atoms with Gasteiger partial charge in [0.2, 0.25) is 0 Å². The van der Waals surface area contributed by atoms with Crippen LogP contribution in [0.4, 0.5) is 5.69 Å². The highest BCUT2D eigenvalue weighted by atomic mass is 32.2. The first kappa shape index (κ1) is 18.7. The van der Waals surface area contributed by atoms with Gasteiger partial charge in [0.1, 0.15) is 6.61 Å². The summed E-state index contributed by atoms with van der Waals surface area (Å²) >= 11 is 1.57. The topological polar surface area (TPSA) is 69.4 Å². The van der Waals surface area contributed by atoms with Crippen molar-refractivity contribution in [2.75, 3.05) is 0 Å². The van der Waals surface area contributed by atoms with Gasteiger partial charge in [-0.2, -0.15) is 0 Å². The van der Waals surface area contributed by atoms with Crippen LogP contribution in [0, 0.1) is 10.1 Å². The molecule has 0 heterocycles. The van der Waals surface area contributed by atoms with E-state index in [1.54, 1.807) is 36.0 Å². The van der Waals surface area contributed by atoms with Crippen LogP contribution >= 0.6 is 11.8 Å². The molecule has 3 aromatic carbocycles. The van der Waals surface area contributed by atoms with Crippen molar-refractivity contribution in [3.05, 3.63) is 106 Å². The van der Waals surface area contributed by atoms with Gasteiger partial charge in [0.05, 0.1) is 10.5 Å². The minimum absolute atomic E-state index is 0.0157. The molecule has 0 fully saturated rings. The van der Waals surface area contributed by atoms with Crippen LogP contribution in [0.5, 0.6) is 0 Å². The fourth-order valence-corrected chi connectivity index (χ4v) is 3.48. The van der Waals surface area contributed by atoms with Gasteiger partial charge in [0, 0.05) is 22.8 Å². The molecule has 0 saturated carbocycles. The third-order valence-electron chi connectivity index (χ3n) is 3.84. The summed E-state index contributed by atoms with van der Waals surface area (Å²) in [5.41, 5.74) is 2.21. The normalized spacial score (nSPS) is 10.4. The average Bonchev–Trinajstić information content (AvgIpc) is 2.71. The Hall–Kier alpha value is -3.12. The first-order chi connectivity index (χ1) is 13.1. The zero-order valence-corrected chi connectivity index (χ0v) is 15.2. The smallest absolute Gasteiger partial charge is 0.339 e. The molecule has 0 aliphatic heterocycles. The van der Waals surface area contributed by atoms with Crippen molar-refractivity contribution in [1.29, 1.82) is 0 Å². The molecule has 0 aliphatic carbocycles. The second-order valence-electron chi connectivity index (χ2n) is 5.77. The van der Waals surface area contributed by atoms with Crippen LogP contribution in [-0.4, -0.2) is 10.9 Å². The third kappa shape index (κ3) is 5.18. The van der Waals surface area contributed by atoms with Crippen molar-refractivity contribution in [3.63, 3.8) is 0 Å². The van der Waals surface area contributed by atoms with Crippen LogP contribution in [0.2, 0.25) is 0 Å². The van der Waals surface area contributed by atoms with Gasteiger partial charge in [-0.05, 0) is 23.3 Å². The maximum atomic E-state index is 12.5. The average molecular weight is 379 g/mol. The third-order valence-corrected chi connectivity index (χ3v) is 4.98. The quantitative estimate of drug-likeness (QED) is 0.243. The Kier molecular flexibility index (Phi) is 6.22. The van der Waals surface area contributed by atoms with Gasteiger partial charge in [-0.3, -0.25) is 10.1 Å². The fraction of sp³-hybridized carbons (Fsp3) is 0.0952. The van der Waals surface area contributed by atoms with Gasteiger partial charge in [-0.25, -0.2) is 4.79 Å². The number of esters is 1. The number of hydrogen-bond acceptors (Lipinski definition) is 5. The van der Waals surface area contributed by atoms with Crippen LogP contribution < -0.4 is 0 Å². The first-order valence-corrected chi connectivity index (χ1v) is 9.28. The maximum absolute atomic E-state index is 12.5. The van der Waals surface area contributed by atoms with E-state index < -0.39 is 10.9 Å². The predicted molar refractivity (Wildman–Crippen MR) is 105 cm³/mol. The largest absolute Gasteiger partial charge is 0.457 e. The zero-order valence-electron chi connectivity index (χ0n) is 14.4. The second-order valence-corrected chi connectivity index (χ2v) is 6.79. The van der Waals surface area contributed by atoms with Crippen LogP contribution in [0.3, 0.4) is 0 Å². The summed E-state index contributed by atoms with van der Waals surface area (Å²) in [6.45, 7) is -0.0157. The van der Waals surface area contributed by atoms with Crippen molar-refractivity contribution in [2.24, 2.45) is 0 Å². The van der Waals surface area contributed by atoms with Gasteiger partial charge in [0.15, 0.2) is 0 Å². The van der Waals surface area contributed by atoms with Crippen molar-refractivity contribution in [2.45, 2.75) is 17.3 Å². The van der Waals surface area contributed by atoms with Gasteiger partial charge < -0.3 is 4.74 Å². The predicted octanol–water partition coefficient (Wildman–Crippen LogP) is 5.24. The number of rotatable bonds is 7. The lowest BCUT2D eigenvalue weighted by Crippen LogP contribution is -2.07. The monoisotopic (exact) mass is 379 g/mol. The number of hydrogen-bond donors (Lipinski definition) is 0. The van der Waals surface area contributed by atoms with E-state index in [1.165, 1.54) is 17.7 Å². The Bertz CT molecular complexity index is 944. The summed E-state index contributed by atoms with van der Waals surface area (Å²) in [4.78, 5) is 23.7. The Morgan fingerprint density at radius 2 is 1.63 bits per heavy atom. The van der Waals surface area contributed by atoms with Crippen molar-refractivity contribution >= 4 is 23.4 Å². The van der Waals surface area contributed by atoms with E-state index in [0.717, 1.165) is 10.6 Å². The number of non-ortho nitro benzene ring substituents is 1. The lowest BCUT2D eigenvalue weighted by molar-refractivity contribution is -0.384.